The first-order chi connectivity index (χ1) is 21.4. The van der Waals surface area contributed by atoms with E-state index in [9.17, 15) is 15.3 Å². The number of phenols is 3. The highest BCUT2D eigenvalue weighted by Gasteiger charge is 2.17. The molecule has 0 saturated carbocycles. The lowest BCUT2D eigenvalue weighted by molar-refractivity contribution is -0.518. The second-order valence-electron chi connectivity index (χ2n) is 14.3. The van der Waals surface area contributed by atoms with E-state index in [1.165, 1.54) is 0 Å². The van der Waals surface area contributed by atoms with Crippen LogP contribution in [0.25, 0.3) is 0 Å². The quantitative estimate of drug-likeness (QED) is 0.0889. The Balaban J connectivity index is 1.62. The first kappa shape index (κ1) is 36.4. The zero-order valence-electron chi connectivity index (χ0n) is 29.2. The van der Waals surface area contributed by atoms with Crippen molar-refractivity contribution in [1.29, 1.82) is 0 Å². The number of phenolic OH excluding ortho intramolecular Hbond substituents is 3. The molecule has 3 aromatic carbocycles. The van der Waals surface area contributed by atoms with Gasteiger partial charge in [-0.15, -0.1) is 0 Å². The fourth-order valence-corrected chi connectivity index (χ4v) is 4.62. The highest BCUT2D eigenvalue weighted by molar-refractivity contribution is 5.85. The summed E-state index contributed by atoms with van der Waals surface area (Å²) in [5.74, 6) is 0.676. The molecule has 10 nitrogen and oxygen atoms in total. The number of hydrogen-bond acceptors (Lipinski definition) is 6. The fraction of sp³-hybridized carbons (Fsp3) is 0.417. The van der Waals surface area contributed by atoms with Crippen LogP contribution < -0.4 is 18.8 Å². The Morgan fingerprint density at radius 3 is 1.39 bits per heavy atom. The maximum absolute atomic E-state index is 10.8. The molecule has 0 saturated heterocycles. The summed E-state index contributed by atoms with van der Waals surface area (Å²) in [4.78, 5) is 9.07. The SMILES string of the molecule is C[N+](C)(C)c1ccc(C=NCCNCC[N+](=Cc2ccc([N+](C)(C)C)cc2O)CCN=Cc2ccc([N+](C)(C)C)cc2O)c(O)c1. The lowest BCUT2D eigenvalue weighted by Crippen LogP contribution is -2.34. The van der Waals surface area contributed by atoms with Gasteiger partial charge in [0.05, 0.1) is 88.6 Å². The van der Waals surface area contributed by atoms with Gasteiger partial charge in [0.2, 0.25) is 0 Å². The summed E-state index contributed by atoms with van der Waals surface area (Å²) in [6, 6.07) is 17.2. The Kier molecular flexibility index (Phi) is 12.2. The van der Waals surface area contributed by atoms with Crippen molar-refractivity contribution in [2.45, 2.75) is 0 Å². The van der Waals surface area contributed by atoms with Crippen molar-refractivity contribution in [2.75, 3.05) is 103 Å². The number of quaternary nitrogens is 3. The molecule has 3 rings (SSSR count). The Bertz CT molecular complexity index is 1560. The molecule has 0 heterocycles. The summed E-state index contributed by atoms with van der Waals surface area (Å²) in [6.45, 7) is 3.83. The molecule has 0 amide bonds. The van der Waals surface area contributed by atoms with E-state index in [2.05, 4.69) is 83.3 Å². The molecular weight excluding hydrogens is 578 g/mol. The van der Waals surface area contributed by atoms with Gasteiger partial charge in [0.25, 0.3) is 0 Å². The van der Waals surface area contributed by atoms with Gasteiger partial charge in [-0.1, -0.05) is 0 Å². The van der Waals surface area contributed by atoms with Crippen molar-refractivity contribution in [3.63, 3.8) is 0 Å². The largest absolute Gasteiger partial charge is 0.507 e. The van der Waals surface area contributed by atoms with Crippen molar-refractivity contribution < 1.29 is 19.9 Å². The number of benzene rings is 3. The smallest absolute Gasteiger partial charge is 0.174 e. The first-order valence-electron chi connectivity index (χ1n) is 15.7. The summed E-state index contributed by atoms with van der Waals surface area (Å²) in [7, 11) is 18.5. The molecule has 46 heavy (non-hydrogen) atoms. The van der Waals surface area contributed by atoms with Gasteiger partial charge >= 0.3 is 0 Å². The summed E-state index contributed by atoms with van der Waals surface area (Å²) < 4.78 is 4.00. The van der Waals surface area contributed by atoms with E-state index in [4.69, 9.17) is 0 Å². The molecule has 0 bridgehead atoms. The summed E-state index contributed by atoms with van der Waals surface area (Å²) in [5.41, 5.74) is 5.18. The lowest BCUT2D eigenvalue weighted by Gasteiger charge is -2.23. The molecule has 0 atom stereocenters. The molecule has 0 aliphatic carbocycles. The molecule has 4 N–H and O–H groups in total. The van der Waals surface area contributed by atoms with Crippen molar-refractivity contribution in [2.24, 2.45) is 9.98 Å². The summed E-state index contributed by atoms with van der Waals surface area (Å²) >= 11 is 0. The minimum Gasteiger partial charge on any atom is -0.507 e. The van der Waals surface area contributed by atoms with Gasteiger partial charge in [0.15, 0.2) is 19.3 Å². The Labute approximate surface area is 275 Å². The lowest BCUT2D eigenvalue weighted by atomic mass is 10.1. The van der Waals surface area contributed by atoms with E-state index in [1.807, 2.05) is 48.7 Å². The standard InChI is InChI=1S/C36H52N7O3/c1-41(2,3)31-13-10-28(34(44)22-31)25-38-17-16-37-18-20-40(27-30-12-15-33(24-36(30)46)43(7,8)9)21-19-39-26-29-11-14-32(23-35(29)45)42(4,5)6/h10-15,22-27,37H,16-21H2,1-9H3/q+1/p+3. The van der Waals surface area contributed by atoms with Crippen LogP contribution in [-0.2, 0) is 0 Å². The molecule has 0 unspecified atom stereocenters. The van der Waals surface area contributed by atoms with Crippen molar-refractivity contribution in [3.05, 3.63) is 71.3 Å². The van der Waals surface area contributed by atoms with Crippen LogP contribution in [-0.4, -0.2) is 141 Å². The third kappa shape index (κ3) is 11.1. The topological polar surface area (TPSA) is 100 Å². The number of hydrogen-bond donors (Lipinski definition) is 4. The fourth-order valence-electron chi connectivity index (χ4n) is 4.62. The van der Waals surface area contributed by atoms with E-state index >= 15 is 0 Å². The van der Waals surface area contributed by atoms with Crippen molar-refractivity contribution in [3.8, 4) is 17.2 Å². The van der Waals surface area contributed by atoms with E-state index in [1.54, 1.807) is 24.6 Å². The minimum absolute atomic E-state index is 0.211. The van der Waals surface area contributed by atoms with E-state index < -0.39 is 0 Å². The second kappa shape index (κ2) is 15.5. The van der Waals surface area contributed by atoms with Crippen molar-refractivity contribution in [1.82, 2.24) is 18.8 Å². The third-order valence-electron chi connectivity index (χ3n) is 7.66. The number of aromatic hydroxyl groups is 3. The molecule has 0 spiro atoms. The zero-order chi connectivity index (χ0) is 34.1. The van der Waals surface area contributed by atoms with Crippen LogP contribution >= 0.6 is 0 Å². The Hall–Kier alpha value is -4.09. The van der Waals surface area contributed by atoms with Gasteiger partial charge in [-0.25, -0.2) is 4.58 Å². The number of nitrogens with one attached hydrogen (secondary N) is 1. The molecule has 0 fully saturated rings. The van der Waals surface area contributed by atoms with Gasteiger partial charge in [0.1, 0.15) is 34.3 Å². The first-order valence-corrected chi connectivity index (χ1v) is 15.7. The van der Waals surface area contributed by atoms with Crippen LogP contribution in [0.2, 0.25) is 0 Å². The monoisotopic (exact) mass is 633 g/mol. The molecule has 0 aromatic heterocycles. The van der Waals surface area contributed by atoms with E-state index in [-0.39, 0.29) is 17.2 Å². The maximum Gasteiger partial charge on any atom is 0.174 e. The third-order valence-corrected chi connectivity index (χ3v) is 7.66. The predicted octanol–water partition coefficient (Wildman–Crippen LogP) is 3.65. The maximum atomic E-state index is 10.8. The van der Waals surface area contributed by atoms with Crippen LogP contribution in [0, 0.1) is 0 Å². The van der Waals surface area contributed by atoms with Gasteiger partial charge < -0.3 is 20.6 Å². The molecule has 0 aliphatic rings. The van der Waals surface area contributed by atoms with Crippen LogP contribution in [0.4, 0.5) is 17.1 Å². The Morgan fingerprint density at radius 1 is 0.565 bits per heavy atom. The second-order valence-corrected chi connectivity index (χ2v) is 14.3. The van der Waals surface area contributed by atoms with Gasteiger partial charge in [-0.05, 0) is 18.2 Å². The van der Waals surface area contributed by atoms with E-state index in [0.717, 1.165) is 22.6 Å². The molecule has 3 aromatic rings. The van der Waals surface area contributed by atoms with Crippen LogP contribution in [0.1, 0.15) is 16.7 Å². The highest BCUT2D eigenvalue weighted by Crippen LogP contribution is 2.27. The van der Waals surface area contributed by atoms with Crippen LogP contribution in [0.3, 0.4) is 0 Å². The number of nitrogens with zero attached hydrogens (tertiary/aromatic N) is 6. The predicted molar refractivity (Wildman–Crippen MR) is 196 cm³/mol. The van der Waals surface area contributed by atoms with Crippen LogP contribution in [0.5, 0.6) is 17.2 Å². The van der Waals surface area contributed by atoms with Crippen molar-refractivity contribution >= 4 is 35.7 Å². The molecule has 0 radical (unpaired) electrons. The van der Waals surface area contributed by atoms with Gasteiger partial charge in [-0.3, -0.25) is 23.4 Å². The minimum atomic E-state index is 0.211. The average molecular weight is 634 g/mol. The summed E-state index contributed by atoms with van der Waals surface area (Å²) in [6.07, 6.45) is 5.40. The molecule has 0 aliphatic heterocycles. The van der Waals surface area contributed by atoms with E-state index in [0.29, 0.717) is 63.8 Å². The highest BCUT2D eigenvalue weighted by atomic mass is 16.3. The number of aliphatic imine (C=N–C) groups is 2. The number of rotatable bonds is 15. The zero-order valence-corrected chi connectivity index (χ0v) is 29.2. The Morgan fingerprint density at radius 2 is 0.978 bits per heavy atom. The average Bonchev–Trinajstić information content (AvgIpc) is 2.95. The normalized spacial score (nSPS) is 13.3. The molecule has 248 valence electrons. The van der Waals surface area contributed by atoms with Gasteiger partial charge in [0, 0.05) is 66.5 Å². The van der Waals surface area contributed by atoms with Gasteiger partial charge in [-0.2, -0.15) is 0 Å². The van der Waals surface area contributed by atoms with Crippen LogP contribution in [0.15, 0.2) is 64.6 Å². The molecule has 10 heteroatoms. The molecular formula is C36H55N7O3+4. The summed E-state index contributed by atoms with van der Waals surface area (Å²) in [5, 5.41) is 35.1.